The second-order valence-corrected chi connectivity index (χ2v) is 7.02. The molecule has 1 aromatic heterocycles. The summed E-state index contributed by atoms with van der Waals surface area (Å²) >= 11 is -2.78. The van der Waals surface area contributed by atoms with Gasteiger partial charge in [-0.05, 0) is 0 Å². The van der Waals surface area contributed by atoms with E-state index in [9.17, 15) is 46.0 Å². The molecule has 2 heterocycles. The summed E-state index contributed by atoms with van der Waals surface area (Å²) in [6, 6.07) is -1.61. The lowest BCUT2D eigenvalue weighted by atomic mass is 9.97. The van der Waals surface area contributed by atoms with Crippen LogP contribution in [0.2, 0.25) is 0 Å². The minimum Gasteiger partial charge on any atom is -0.394 e. The van der Waals surface area contributed by atoms with Crippen LogP contribution >= 0.6 is 0 Å². The van der Waals surface area contributed by atoms with Crippen LogP contribution in [0, 0.1) is 29.1 Å². The molecule has 0 amide bonds. The molecule has 2 aromatic rings. The second-order valence-electron chi connectivity index (χ2n) is 6.00. The SMILES string of the molecule is O=S(O)[C@H]1OC(CO)[C@H](O)[C@H](n2cc(-c3c(F)c(F)c(F)c(F)c3F)nn2)C1O. The molecule has 15 heteroatoms. The molecule has 0 saturated carbocycles. The van der Waals surface area contributed by atoms with Gasteiger partial charge >= 0.3 is 0 Å². The predicted molar refractivity (Wildman–Crippen MR) is 82.8 cm³/mol. The van der Waals surface area contributed by atoms with E-state index in [-0.39, 0.29) is 0 Å². The van der Waals surface area contributed by atoms with Crippen LogP contribution in [0.25, 0.3) is 11.3 Å². The quantitative estimate of drug-likeness (QED) is 0.221. The largest absolute Gasteiger partial charge is 0.394 e. The van der Waals surface area contributed by atoms with Crippen molar-refractivity contribution in [1.29, 1.82) is 0 Å². The van der Waals surface area contributed by atoms with Gasteiger partial charge in [0.2, 0.25) is 5.82 Å². The summed E-state index contributed by atoms with van der Waals surface area (Å²) in [5, 5.41) is 36.4. The number of halogens is 5. The molecule has 160 valence electrons. The molecule has 3 rings (SSSR count). The minimum atomic E-state index is -2.78. The fraction of sp³-hybridized carbons (Fsp3) is 0.429. The van der Waals surface area contributed by atoms with Crippen molar-refractivity contribution >= 4 is 11.1 Å². The number of ether oxygens (including phenoxy) is 1. The Morgan fingerprint density at radius 3 is 2.10 bits per heavy atom. The third-order valence-corrected chi connectivity index (χ3v) is 5.12. The highest BCUT2D eigenvalue weighted by Crippen LogP contribution is 2.34. The van der Waals surface area contributed by atoms with E-state index in [4.69, 9.17) is 4.74 Å². The van der Waals surface area contributed by atoms with Crippen LogP contribution in [0.1, 0.15) is 6.04 Å². The molecule has 0 spiro atoms. The Morgan fingerprint density at radius 2 is 1.59 bits per heavy atom. The molecule has 4 N–H and O–H groups in total. The average Bonchev–Trinajstić information content (AvgIpc) is 3.14. The van der Waals surface area contributed by atoms with Crippen molar-refractivity contribution < 1.29 is 50.8 Å². The number of hydrogen-bond donors (Lipinski definition) is 4. The van der Waals surface area contributed by atoms with E-state index >= 15 is 0 Å². The Bertz CT molecular complexity index is 933. The molecule has 29 heavy (non-hydrogen) atoms. The molecule has 3 unspecified atom stereocenters. The summed E-state index contributed by atoms with van der Waals surface area (Å²) in [6.45, 7) is -0.836. The number of aromatic nitrogens is 3. The van der Waals surface area contributed by atoms with E-state index < -0.39 is 87.8 Å². The number of nitrogens with zero attached hydrogens (tertiary/aromatic N) is 3. The first-order chi connectivity index (χ1) is 13.6. The number of benzene rings is 1. The van der Waals surface area contributed by atoms with Crippen LogP contribution in [0.3, 0.4) is 0 Å². The zero-order valence-corrected chi connectivity index (χ0v) is 14.7. The van der Waals surface area contributed by atoms with Gasteiger partial charge in [0.05, 0.1) is 18.4 Å². The Kier molecular flexibility index (Phi) is 5.98. The van der Waals surface area contributed by atoms with E-state index in [2.05, 4.69) is 10.3 Å². The Labute approximate surface area is 160 Å². The van der Waals surface area contributed by atoms with Gasteiger partial charge in [-0.3, -0.25) is 0 Å². The monoisotopic (exact) mass is 445 g/mol. The van der Waals surface area contributed by atoms with Gasteiger partial charge in [-0.25, -0.2) is 30.8 Å². The van der Waals surface area contributed by atoms with Gasteiger partial charge in [0.15, 0.2) is 39.8 Å². The van der Waals surface area contributed by atoms with E-state index in [0.29, 0.717) is 10.9 Å². The molecular weight excluding hydrogens is 433 g/mol. The van der Waals surface area contributed by atoms with Gasteiger partial charge in [-0.1, -0.05) is 5.21 Å². The minimum absolute atomic E-state index is 0.605. The van der Waals surface area contributed by atoms with Crippen molar-refractivity contribution in [1.82, 2.24) is 15.0 Å². The normalized spacial score (nSPS) is 28.5. The summed E-state index contributed by atoms with van der Waals surface area (Å²) in [4.78, 5) is 0. The fourth-order valence-corrected chi connectivity index (χ4v) is 3.55. The van der Waals surface area contributed by atoms with Crippen molar-refractivity contribution in [2.75, 3.05) is 6.61 Å². The highest BCUT2D eigenvalue weighted by atomic mass is 32.2. The van der Waals surface area contributed by atoms with Crippen LogP contribution in [-0.4, -0.2) is 69.4 Å². The van der Waals surface area contributed by atoms with Crippen LogP contribution in [-0.2, 0) is 15.8 Å². The molecule has 0 bridgehead atoms. The van der Waals surface area contributed by atoms with Crippen molar-refractivity contribution in [3.63, 3.8) is 0 Å². The first-order valence-electron chi connectivity index (χ1n) is 7.75. The van der Waals surface area contributed by atoms with E-state index in [1.165, 1.54) is 0 Å². The topological polar surface area (TPSA) is 138 Å². The Balaban J connectivity index is 2.07. The number of aliphatic hydroxyl groups is 3. The molecule has 0 radical (unpaired) electrons. The molecule has 6 atom stereocenters. The maximum atomic E-state index is 14.0. The van der Waals surface area contributed by atoms with Gasteiger partial charge < -0.3 is 24.6 Å². The summed E-state index contributed by atoms with van der Waals surface area (Å²) in [6.07, 6.45) is -4.44. The zero-order chi connectivity index (χ0) is 21.6. The van der Waals surface area contributed by atoms with E-state index in [1.807, 2.05) is 0 Å². The van der Waals surface area contributed by atoms with Crippen molar-refractivity contribution in [2.45, 2.75) is 29.8 Å². The molecule has 1 saturated heterocycles. The van der Waals surface area contributed by atoms with Crippen LogP contribution in [0.4, 0.5) is 22.0 Å². The van der Waals surface area contributed by atoms with Gasteiger partial charge in [-0.15, -0.1) is 5.10 Å². The fourth-order valence-electron chi connectivity index (χ4n) is 2.91. The van der Waals surface area contributed by atoms with Crippen LogP contribution in [0.5, 0.6) is 0 Å². The lowest BCUT2D eigenvalue weighted by Gasteiger charge is -2.40. The van der Waals surface area contributed by atoms with Gasteiger partial charge in [0.1, 0.15) is 30.0 Å². The lowest BCUT2D eigenvalue weighted by molar-refractivity contribution is -0.181. The summed E-state index contributed by atoms with van der Waals surface area (Å²) in [5.74, 6) is -11.1. The Hall–Kier alpha value is -2.04. The number of hydrogen-bond acceptors (Lipinski definition) is 7. The molecule has 9 nitrogen and oxygen atoms in total. The molecule has 1 aliphatic heterocycles. The van der Waals surface area contributed by atoms with E-state index in [1.54, 1.807) is 0 Å². The molecule has 1 aliphatic rings. The van der Waals surface area contributed by atoms with Crippen molar-refractivity contribution in [3.05, 3.63) is 35.3 Å². The third kappa shape index (κ3) is 3.53. The number of rotatable bonds is 4. The van der Waals surface area contributed by atoms with Crippen molar-refractivity contribution in [3.8, 4) is 11.3 Å². The molecule has 1 fully saturated rings. The van der Waals surface area contributed by atoms with Gasteiger partial charge in [-0.2, -0.15) is 0 Å². The van der Waals surface area contributed by atoms with Gasteiger partial charge in [0.25, 0.3) is 0 Å². The third-order valence-electron chi connectivity index (χ3n) is 4.33. The maximum Gasteiger partial charge on any atom is 0.200 e. The van der Waals surface area contributed by atoms with Gasteiger partial charge in [0, 0.05) is 0 Å². The summed E-state index contributed by atoms with van der Waals surface area (Å²) in [5.41, 5.74) is -4.03. The first kappa shape index (κ1) is 21.7. The highest BCUT2D eigenvalue weighted by Gasteiger charge is 2.48. The standard InChI is InChI=1S/C14H12F5N3O6S/c15-6-5(7(16)9(18)10(19)8(6)17)3-1-22(21-20-3)11-12(24)4(2-23)28-14(13(11)25)29(26)27/h1,4,11-14,23-25H,2H2,(H,26,27)/t4?,11-,12-,13?,14+/m0/s1. The first-order valence-corrected chi connectivity index (χ1v) is 8.92. The molecule has 1 aromatic carbocycles. The maximum absolute atomic E-state index is 14.0. The molecule has 0 aliphatic carbocycles. The summed E-state index contributed by atoms with van der Waals surface area (Å²) in [7, 11) is 0. The zero-order valence-electron chi connectivity index (χ0n) is 13.9. The van der Waals surface area contributed by atoms with Crippen LogP contribution < -0.4 is 0 Å². The van der Waals surface area contributed by atoms with Crippen molar-refractivity contribution in [2.24, 2.45) is 0 Å². The second kappa shape index (κ2) is 8.00. The lowest BCUT2D eigenvalue weighted by Crippen LogP contribution is -2.57. The average molecular weight is 445 g/mol. The number of aliphatic hydroxyl groups excluding tert-OH is 3. The summed E-state index contributed by atoms with van der Waals surface area (Å²) < 4.78 is 94.0. The predicted octanol–water partition coefficient (Wildman–Crippen LogP) is -0.158. The van der Waals surface area contributed by atoms with E-state index in [0.717, 1.165) is 0 Å². The Morgan fingerprint density at radius 1 is 1.03 bits per heavy atom. The molecular formula is C14H12F5N3O6S. The smallest absolute Gasteiger partial charge is 0.200 e. The highest BCUT2D eigenvalue weighted by molar-refractivity contribution is 7.79. The van der Waals surface area contributed by atoms with Crippen LogP contribution in [0.15, 0.2) is 6.20 Å².